The first-order chi connectivity index (χ1) is 16.7. The van der Waals surface area contributed by atoms with Gasteiger partial charge in [-0.15, -0.1) is 0 Å². The number of amides is 1. The summed E-state index contributed by atoms with van der Waals surface area (Å²) in [6.07, 6.45) is 5.43. The molecular formula is C27H38ClN5O2. The van der Waals surface area contributed by atoms with Crippen molar-refractivity contribution in [3.05, 3.63) is 61.5 Å². The summed E-state index contributed by atoms with van der Waals surface area (Å²) in [5, 5.41) is 3.53. The molecule has 1 aliphatic carbocycles. The van der Waals surface area contributed by atoms with Gasteiger partial charge in [0.05, 0.1) is 0 Å². The average Bonchev–Trinajstić information content (AvgIpc) is 3.30. The Kier molecular flexibility index (Phi) is 7.77. The predicted octanol–water partition coefficient (Wildman–Crippen LogP) is 3.85. The zero-order chi connectivity index (χ0) is 25.3. The van der Waals surface area contributed by atoms with E-state index in [1.165, 1.54) is 12.8 Å². The largest absolute Gasteiger partial charge is 0.369 e. The van der Waals surface area contributed by atoms with Crippen LogP contribution in [0.2, 0.25) is 5.02 Å². The number of carbonyl (C=O) groups is 1. The fourth-order valence-corrected chi connectivity index (χ4v) is 5.93. The van der Waals surface area contributed by atoms with E-state index < -0.39 is 0 Å². The molecule has 1 amide bonds. The molecule has 1 aromatic carbocycles. The van der Waals surface area contributed by atoms with Crippen LogP contribution in [0, 0.1) is 13.8 Å². The number of hydrogen-bond acceptors (Lipinski definition) is 5. The van der Waals surface area contributed by atoms with Gasteiger partial charge in [-0.25, -0.2) is 0 Å². The number of nitrogens with one attached hydrogen (secondary N) is 2. The number of anilines is 1. The van der Waals surface area contributed by atoms with Crippen LogP contribution in [0.5, 0.6) is 0 Å². The van der Waals surface area contributed by atoms with Gasteiger partial charge in [0.25, 0.3) is 5.91 Å². The molecule has 0 atom stereocenters. The van der Waals surface area contributed by atoms with Crippen molar-refractivity contribution in [1.29, 1.82) is 0 Å². The maximum Gasteiger partial charge on any atom is 0.251 e. The summed E-state index contributed by atoms with van der Waals surface area (Å²) in [6.45, 7) is 7.92. The van der Waals surface area contributed by atoms with E-state index in [0.29, 0.717) is 28.2 Å². The number of fused-ring (bicyclic) bond motifs is 1. The normalized spacial score (nSPS) is 19.4. The van der Waals surface area contributed by atoms with E-state index in [9.17, 15) is 9.59 Å². The molecule has 0 spiro atoms. The number of aromatic nitrogens is 1. The number of carbonyl (C=O) groups excluding carboxylic acids is 1. The molecule has 1 saturated carbocycles. The number of rotatable bonds is 7. The van der Waals surface area contributed by atoms with Crippen molar-refractivity contribution in [2.24, 2.45) is 0 Å². The molecule has 35 heavy (non-hydrogen) atoms. The van der Waals surface area contributed by atoms with E-state index in [1.54, 1.807) is 12.1 Å². The Hall–Kier alpha value is -2.51. The van der Waals surface area contributed by atoms with Crippen LogP contribution in [-0.4, -0.2) is 54.8 Å². The number of hydrogen-bond donors (Lipinski definition) is 2. The number of pyridine rings is 1. The van der Waals surface area contributed by atoms with Crippen molar-refractivity contribution >= 4 is 23.2 Å². The van der Waals surface area contributed by atoms with Crippen LogP contribution in [-0.2, 0) is 13.0 Å². The molecule has 7 nitrogen and oxygen atoms in total. The van der Waals surface area contributed by atoms with Gasteiger partial charge in [0.1, 0.15) is 0 Å². The lowest BCUT2D eigenvalue weighted by Gasteiger charge is -2.40. The van der Waals surface area contributed by atoms with Gasteiger partial charge < -0.3 is 20.5 Å². The molecule has 2 aromatic rings. The monoisotopic (exact) mass is 499 g/mol. The van der Waals surface area contributed by atoms with Gasteiger partial charge in [-0.1, -0.05) is 11.6 Å². The SMILES string of the molecule is CCN(c1cc(Cl)cc(C(=O)NCc2c(C)n3c(cc2=O)CCN3)c1C)[C@H]1CC[C@H](N(C)C)CC1. The maximum absolute atomic E-state index is 13.3. The molecule has 1 fully saturated rings. The van der Waals surface area contributed by atoms with Crippen LogP contribution < -0.4 is 21.1 Å². The van der Waals surface area contributed by atoms with Crippen molar-refractivity contribution in [2.45, 2.75) is 71.5 Å². The van der Waals surface area contributed by atoms with Crippen LogP contribution in [0.25, 0.3) is 0 Å². The molecule has 2 heterocycles. The molecular weight excluding hydrogens is 462 g/mol. The van der Waals surface area contributed by atoms with Gasteiger partial charge in [0.15, 0.2) is 5.43 Å². The van der Waals surface area contributed by atoms with E-state index >= 15 is 0 Å². The fraction of sp³-hybridized carbons (Fsp3) is 0.556. The minimum absolute atomic E-state index is 0.0354. The third kappa shape index (κ3) is 5.21. The zero-order valence-electron chi connectivity index (χ0n) is 21.6. The molecule has 1 aromatic heterocycles. The summed E-state index contributed by atoms with van der Waals surface area (Å²) in [4.78, 5) is 30.7. The second-order valence-electron chi connectivity index (χ2n) is 10.0. The third-order valence-corrected chi connectivity index (χ3v) is 8.03. The van der Waals surface area contributed by atoms with E-state index in [2.05, 4.69) is 41.6 Å². The molecule has 0 unspecified atom stereocenters. The van der Waals surface area contributed by atoms with E-state index in [0.717, 1.165) is 55.0 Å². The number of benzene rings is 1. The lowest BCUT2D eigenvalue weighted by Crippen LogP contribution is -2.42. The first-order valence-corrected chi connectivity index (χ1v) is 13.1. The van der Waals surface area contributed by atoms with Gasteiger partial charge in [-0.05, 0) is 78.2 Å². The van der Waals surface area contributed by atoms with E-state index in [1.807, 2.05) is 24.6 Å². The summed E-state index contributed by atoms with van der Waals surface area (Å²) in [5.41, 5.74) is 8.18. The van der Waals surface area contributed by atoms with Crippen molar-refractivity contribution in [2.75, 3.05) is 37.5 Å². The Labute approximate surface area is 213 Å². The molecule has 8 heteroatoms. The Morgan fingerprint density at radius 3 is 2.49 bits per heavy atom. The first kappa shape index (κ1) is 25.6. The Morgan fingerprint density at radius 2 is 1.83 bits per heavy atom. The lowest BCUT2D eigenvalue weighted by molar-refractivity contribution is 0.0950. The van der Waals surface area contributed by atoms with Gasteiger partial charge in [-0.2, -0.15) is 0 Å². The second kappa shape index (κ2) is 10.6. The minimum Gasteiger partial charge on any atom is -0.369 e. The standard InChI is InChI=1S/C27H38ClN5O2/c1-6-32(21-9-7-20(8-10-21)31(4)5)25-14-19(28)13-23(17(25)2)27(35)29-16-24-18(3)33-22(11-12-30-33)15-26(24)34/h13-15,20-21,30H,6-12,16H2,1-5H3,(H,29,35)/t20-,21-. The lowest BCUT2D eigenvalue weighted by atomic mass is 9.89. The molecule has 0 radical (unpaired) electrons. The van der Waals surface area contributed by atoms with Crippen LogP contribution in [0.15, 0.2) is 23.0 Å². The molecule has 4 rings (SSSR count). The van der Waals surface area contributed by atoms with Gasteiger partial charge in [0.2, 0.25) is 0 Å². The van der Waals surface area contributed by atoms with E-state index in [-0.39, 0.29) is 17.9 Å². The predicted molar refractivity (Wildman–Crippen MR) is 143 cm³/mol. The number of halogens is 1. The topological polar surface area (TPSA) is 69.6 Å². The highest BCUT2D eigenvalue weighted by molar-refractivity contribution is 6.31. The van der Waals surface area contributed by atoms with Crippen LogP contribution >= 0.6 is 11.6 Å². The van der Waals surface area contributed by atoms with Crippen LogP contribution in [0.3, 0.4) is 0 Å². The second-order valence-corrected chi connectivity index (χ2v) is 10.5. The molecule has 2 aliphatic rings. The zero-order valence-corrected chi connectivity index (χ0v) is 22.3. The average molecular weight is 500 g/mol. The smallest absolute Gasteiger partial charge is 0.251 e. The highest BCUT2D eigenvalue weighted by Crippen LogP contribution is 2.34. The highest BCUT2D eigenvalue weighted by atomic mass is 35.5. The summed E-state index contributed by atoms with van der Waals surface area (Å²) in [6, 6.07) is 6.45. The molecule has 190 valence electrons. The molecule has 0 bridgehead atoms. The molecule has 0 saturated heterocycles. The van der Waals surface area contributed by atoms with Crippen molar-refractivity contribution in [3.8, 4) is 0 Å². The van der Waals surface area contributed by atoms with Crippen molar-refractivity contribution in [3.63, 3.8) is 0 Å². The minimum atomic E-state index is -0.212. The highest BCUT2D eigenvalue weighted by Gasteiger charge is 2.28. The Balaban J connectivity index is 1.54. The summed E-state index contributed by atoms with van der Waals surface area (Å²) >= 11 is 6.53. The van der Waals surface area contributed by atoms with Crippen LogP contribution in [0.1, 0.15) is 65.5 Å². The molecule has 1 aliphatic heterocycles. The van der Waals surface area contributed by atoms with Gasteiger partial charge in [-0.3, -0.25) is 14.3 Å². The Bertz CT molecular complexity index is 1150. The quantitative estimate of drug-likeness (QED) is 0.605. The van der Waals surface area contributed by atoms with Crippen molar-refractivity contribution < 1.29 is 4.79 Å². The first-order valence-electron chi connectivity index (χ1n) is 12.7. The van der Waals surface area contributed by atoms with E-state index in [4.69, 9.17) is 11.6 Å². The van der Waals surface area contributed by atoms with Gasteiger partial charge >= 0.3 is 0 Å². The van der Waals surface area contributed by atoms with Crippen molar-refractivity contribution in [1.82, 2.24) is 14.9 Å². The fourth-order valence-electron chi connectivity index (χ4n) is 5.72. The van der Waals surface area contributed by atoms with Gasteiger partial charge in [0, 0.05) is 77.4 Å². The number of nitrogens with zero attached hydrogens (tertiary/aromatic N) is 3. The molecule has 2 N–H and O–H groups in total. The summed E-state index contributed by atoms with van der Waals surface area (Å²) < 4.78 is 1.95. The summed E-state index contributed by atoms with van der Waals surface area (Å²) in [5.74, 6) is -0.212. The summed E-state index contributed by atoms with van der Waals surface area (Å²) in [7, 11) is 4.31. The van der Waals surface area contributed by atoms with Crippen LogP contribution in [0.4, 0.5) is 5.69 Å². The Morgan fingerprint density at radius 1 is 1.14 bits per heavy atom. The maximum atomic E-state index is 13.3. The third-order valence-electron chi connectivity index (χ3n) is 7.81.